The fraction of sp³-hybridized carbons (Fsp3) is 0.250. The fourth-order valence-corrected chi connectivity index (χ4v) is 1.85. The van der Waals surface area contributed by atoms with Crippen molar-refractivity contribution in [2.45, 2.75) is 20.4 Å². The SMILES string of the molecule is Cc1[nH][n+](Cc2cccc(F)c2)c(C)c1N=O. The Labute approximate surface area is 98.1 Å². The van der Waals surface area contributed by atoms with Crippen LogP contribution in [0.4, 0.5) is 10.1 Å². The van der Waals surface area contributed by atoms with Gasteiger partial charge < -0.3 is 0 Å². The molecule has 1 aromatic carbocycles. The molecular formula is C12H13FN3O+. The zero-order valence-corrected chi connectivity index (χ0v) is 9.70. The van der Waals surface area contributed by atoms with Crippen molar-refractivity contribution >= 4 is 5.69 Å². The molecule has 1 aromatic heterocycles. The lowest BCUT2D eigenvalue weighted by Crippen LogP contribution is -2.38. The summed E-state index contributed by atoms with van der Waals surface area (Å²) in [7, 11) is 0. The molecule has 2 aromatic rings. The van der Waals surface area contributed by atoms with Gasteiger partial charge in [0.25, 0.3) is 0 Å². The van der Waals surface area contributed by atoms with Crippen LogP contribution in [0.2, 0.25) is 0 Å². The van der Waals surface area contributed by atoms with Crippen molar-refractivity contribution in [1.29, 1.82) is 0 Å². The van der Waals surface area contributed by atoms with E-state index in [1.165, 1.54) is 12.1 Å². The number of nitrogens with one attached hydrogen (secondary N) is 1. The van der Waals surface area contributed by atoms with E-state index in [0.717, 1.165) is 11.3 Å². The van der Waals surface area contributed by atoms with E-state index in [2.05, 4.69) is 10.3 Å². The van der Waals surface area contributed by atoms with Crippen LogP contribution in [0.3, 0.4) is 0 Å². The fourth-order valence-electron chi connectivity index (χ4n) is 1.85. The third-order valence-corrected chi connectivity index (χ3v) is 2.73. The predicted octanol–water partition coefficient (Wildman–Crippen LogP) is 2.50. The van der Waals surface area contributed by atoms with E-state index in [0.29, 0.717) is 17.9 Å². The van der Waals surface area contributed by atoms with E-state index < -0.39 is 0 Å². The highest BCUT2D eigenvalue weighted by Gasteiger charge is 2.19. The van der Waals surface area contributed by atoms with Gasteiger partial charge in [0.1, 0.15) is 11.5 Å². The summed E-state index contributed by atoms with van der Waals surface area (Å²) in [6.07, 6.45) is 0. The smallest absolute Gasteiger partial charge is 0.207 e. The summed E-state index contributed by atoms with van der Waals surface area (Å²) in [6.45, 7) is 4.07. The van der Waals surface area contributed by atoms with Crippen molar-refractivity contribution in [1.82, 2.24) is 5.10 Å². The second kappa shape index (κ2) is 4.45. The minimum absolute atomic E-state index is 0.266. The van der Waals surface area contributed by atoms with Crippen LogP contribution in [0.15, 0.2) is 29.4 Å². The van der Waals surface area contributed by atoms with Gasteiger partial charge in [0.05, 0.1) is 0 Å². The van der Waals surface area contributed by atoms with Crippen LogP contribution < -0.4 is 4.68 Å². The second-order valence-electron chi connectivity index (χ2n) is 3.98. The van der Waals surface area contributed by atoms with Crippen molar-refractivity contribution in [3.05, 3.63) is 51.9 Å². The van der Waals surface area contributed by atoms with Gasteiger partial charge in [-0.3, -0.25) is 0 Å². The molecule has 0 amide bonds. The molecule has 0 fully saturated rings. The molecule has 0 aliphatic rings. The molecule has 0 radical (unpaired) electrons. The molecule has 0 saturated carbocycles. The van der Waals surface area contributed by atoms with E-state index >= 15 is 0 Å². The molecule has 1 N–H and O–H groups in total. The number of nitroso groups, excluding NO2 is 1. The summed E-state index contributed by atoms with van der Waals surface area (Å²) in [5, 5.41) is 6.01. The van der Waals surface area contributed by atoms with Gasteiger partial charge >= 0.3 is 0 Å². The highest BCUT2D eigenvalue weighted by molar-refractivity contribution is 5.42. The molecule has 0 atom stereocenters. The summed E-state index contributed by atoms with van der Waals surface area (Å²) in [6, 6.07) is 6.37. The van der Waals surface area contributed by atoms with Crippen molar-refractivity contribution in [3.8, 4) is 0 Å². The van der Waals surface area contributed by atoms with E-state index in [-0.39, 0.29) is 5.82 Å². The average Bonchev–Trinajstić information content (AvgIpc) is 2.54. The normalized spacial score (nSPS) is 10.5. The van der Waals surface area contributed by atoms with E-state index in [4.69, 9.17) is 0 Å². The summed E-state index contributed by atoms with van der Waals surface area (Å²) < 4.78 is 14.8. The summed E-state index contributed by atoms with van der Waals surface area (Å²) in [5.74, 6) is -0.266. The molecule has 5 heteroatoms. The van der Waals surface area contributed by atoms with Gasteiger partial charge in [-0.15, -0.1) is 9.59 Å². The number of benzene rings is 1. The number of halogens is 1. The summed E-state index contributed by atoms with van der Waals surface area (Å²) >= 11 is 0. The number of hydrogen-bond donors (Lipinski definition) is 1. The first-order chi connectivity index (χ1) is 8.11. The van der Waals surface area contributed by atoms with Gasteiger partial charge in [0.15, 0.2) is 6.54 Å². The molecule has 4 nitrogen and oxygen atoms in total. The van der Waals surface area contributed by atoms with Crippen LogP contribution in [0, 0.1) is 24.6 Å². The van der Waals surface area contributed by atoms with Gasteiger partial charge in [0.2, 0.25) is 11.4 Å². The molecule has 88 valence electrons. The largest absolute Gasteiger partial charge is 0.234 e. The first kappa shape index (κ1) is 11.4. The first-order valence-corrected chi connectivity index (χ1v) is 5.28. The second-order valence-corrected chi connectivity index (χ2v) is 3.98. The Morgan fingerprint density at radius 2 is 2.18 bits per heavy atom. The summed E-state index contributed by atoms with van der Waals surface area (Å²) in [5.41, 5.74) is 2.72. The molecule has 0 aliphatic heterocycles. The molecule has 17 heavy (non-hydrogen) atoms. The monoisotopic (exact) mass is 234 g/mol. The number of H-pyrrole nitrogens is 1. The molecule has 0 spiro atoms. The lowest BCUT2D eigenvalue weighted by atomic mass is 10.2. The number of hydrogen-bond acceptors (Lipinski definition) is 2. The average molecular weight is 234 g/mol. The maximum Gasteiger partial charge on any atom is 0.234 e. The third-order valence-electron chi connectivity index (χ3n) is 2.73. The Balaban J connectivity index is 2.33. The Kier molecular flexibility index (Phi) is 2.99. The van der Waals surface area contributed by atoms with Gasteiger partial charge in [-0.1, -0.05) is 12.1 Å². The number of aromatic amines is 1. The quantitative estimate of drug-likeness (QED) is 0.643. The lowest BCUT2D eigenvalue weighted by Gasteiger charge is -1.96. The van der Waals surface area contributed by atoms with E-state index in [1.807, 2.05) is 6.07 Å². The maximum absolute atomic E-state index is 13.0. The number of rotatable bonds is 3. The van der Waals surface area contributed by atoms with Crippen LogP contribution in [0.5, 0.6) is 0 Å². The number of nitrogens with zero attached hydrogens (tertiary/aromatic N) is 2. The maximum atomic E-state index is 13.0. The summed E-state index contributed by atoms with van der Waals surface area (Å²) in [4.78, 5) is 10.6. The van der Waals surface area contributed by atoms with Crippen molar-refractivity contribution in [3.63, 3.8) is 0 Å². The van der Waals surface area contributed by atoms with Gasteiger partial charge in [-0.2, -0.15) is 5.10 Å². The van der Waals surface area contributed by atoms with Crippen LogP contribution in [-0.4, -0.2) is 5.10 Å². The van der Waals surface area contributed by atoms with E-state index in [1.54, 1.807) is 24.6 Å². The Hall–Kier alpha value is -2.04. The predicted molar refractivity (Wildman–Crippen MR) is 61.4 cm³/mol. The van der Waals surface area contributed by atoms with Crippen LogP contribution in [-0.2, 0) is 6.54 Å². The van der Waals surface area contributed by atoms with Crippen LogP contribution in [0.1, 0.15) is 17.0 Å². The third kappa shape index (κ3) is 2.22. The van der Waals surface area contributed by atoms with Crippen molar-refractivity contribution in [2.75, 3.05) is 0 Å². The first-order valence-electron chi connectivity index (χ1n) is 5.28. The minimum Gasteiger partial charge on any atom is -0.207 e. The lowest BCUT2D eigenvalue weighted by molar-refractivity contribution is -0.747. The van der Waals surface area contributed by atoms with Crippen LogP contribution >= 0.6 is 0 Å². The topological polar surface area (TPSA) is 49.1 Å². The Morgan fingerprint density at radius 3 is 2.76 bits per heavy atom. The van der Waals surface area contributed by atoms with Crippen molar-refractivity contribution in [2.24, 2.45) is 5.18 Å². The molecule has 0 aliphatic carbocycles. The molecule has 0 bridgehead atoms. The Morgan fingerprint density at radius 1 is 1.41 bits per heavy atom. The highest BCUT2D eigenvalue weighted by Crippen LogP contribution is 2.18. The Bertz CT molecular complexity index is 563. The van der Waals surface area contributed by atoms with Gasteiger partial charge in [-0.25, -0.2) is 4.39 Å². The molecule has 0 unspecified atom stereocenters. The number of aromatic nitrogens is 2. The van der Waals surface area contributed by atoms with Crippen molar-refractivity contribution < 1.29 is 9.07 Å². The zero-order chi connectivity index (χ0) is 12.4. The minimum atomic E-state index is -0.266. The molecular weight excluding hydrogens is 221 g/mol. The van der Waals surface area contributed by atoms with E-state index in [9.17, 15) is 9.30 Å². The van der Waals surface area contributed by atoms with Crippen LogP contribution in [0.25, 0.3) is 0 Å². The van der Waals surface area contributed by atoms with Gasteiger partial charge in [0, 0.05) is 12.5 Å². The zero-order valence-electron chi connectivity index (χ0n) is 9.70. The highest BCUT2D eigenvalue weighted by atomic mass is 19.1. The standard InChI is InChI=1S/C12H12FN3O/c1-8-12(15-17)9(2)16(14-8)7-10-4-3-5-11(13)6-10/h3-6H,7H2,1-2H3/p+1. The van der Waals surface area contributed by atoms with Gasteiger partial charge in [-0.05, 0) is 24.2 Å². The number of aryl methyl sites for hydroxylation is 1. The molecule has 0 saturated heterocycles. The molecule has 1 heterocycles. The molecule has 2 rings (SSSR count).